The van der Waals surface area contributed by atoms with Crippen LogP contribution in [0.15, 0.2) is 30.3 Å². The van der Waals surface area contributed by atoms with Crippen molar-refractivity contribution in [2.45, 2.75) is 51.9 Å². The largest absolute Gasteiger partial charge is 0.445 e. The van der Waals surface area contributed by atoms with Gasteiger partial charge in [-0.3, -0.25) is 0 Å². The molecule has 0 spiro atoms. The molecular formula is C18H26N2O4. The molecule has 0 saturated carbocycles. The Balaban J connectivity index is 1.82. The molecule has 1 aliphatic rings. The van der Waals surface area contributed by atoms with E-state index in [9.17, 15) is 9.59 Å². The summed E-state index contributed by atoms with van der Waals surface area (Å²) in [6, 6.07) is 9.50. The SMILES string of the molecule is CC(C)(C)OC(=O)N1CC[C@](C)(NC(=O)OCc2ccccc2)C1. The second-order valence-electron chi connectivity index (χ2n) is 7.40. The van der Waals surface area contributed by atoms with Crippen molar-refractivity contribution in [1.29, 1.82) is 0 Å². The molecule has 0 unspecified atom stereocenters. The molecule has 1 heterocycles. The van der Waals surface area contributed by atoms with Crippen LogP contribution in [0, 0.1) is 0 Å². The number of alkyl carbamates (subject to hydrolysis) is 1. The van der Waals surface area contributed by atoms with E-state index in [2.05, 4.69) is 5.32 Å². The summed E-state index contributed by atoms with van der Waals surface area (Å²) in [5, 5.41) is 2.86. The van der Waals surface area contributed by atoms with Gasteiger partial charge in [-0.25, -0.2) is 9.59 Å². The standard InChI is InChI=1S/C18H26N2O4/c1-17(2,3)24-16(22)20-11-10-18(4,13-20)19-15(21)23-12-14-8-6-5-7-9-14/h5-9H,10-13H2,1-4H3,(H,19,21)/t18-/m0/s1. The number of nitrogens with one attached hydrogen (secondary N) is 1. The van der Waals surface area contributed by atoms with Gasteiger partial charge in [0.05, 0.1) is 5.54 Å². The van der Waals surface area contributed by atoms with Crippen molar-refractivity contribution in [3.63, 3.8) is 0 Å². The predicted octanol–water partition coefficient (Wildman–Crippen LogP) is 3.31. The van der Waals surface area contributed by atoms with Gasteiger partial charge in [-0.1, -0.05) is 30.3 Å². The Morgan fingerprint density at radius 3 is 2.54 bits per heavy atom. The summed E-state index contributed by atoms with van der Waals surface area (Å²) in [7, 11) is 0. The highest BCUT2D eigenvalue weighted by atomic mass is 16.6. The third-order valence-electron chi connectivity index (χ3n) is 3.74. The number of hydrogen-bond acceptors (Lipinski definition) is 4. The summed E-state index contributed by atoms with van der Waals surface area (Å²) >= 11 is 0. The van der Waals surface area contributed by atoms with Crippen LogP contribution in [0.4, 0.5) is 9.59 Å². The maximum absolute atomic E-state index is 12.1. The van der Waals surface area contributed by atoms with E-state index in [-0.39, 0.29) is 12.7 Å². The molecule has 1 N–H and O–H groups in total. The Morgan fingerprint density at radius 1 is 1.25 bits per heavy atom. The van der Waals surface area contributed by atoms with Gasteiger partial charge >= 0.3 is 12.2 Å². The highest BCUT2D eigenvalue weighted by molar-refractivity contribution is 5.71. The molecule has 1 atom stereocenters. The van der Waals surface area contributed by atoms with Crippen molar-refractivity contribution in [1.82, 2.24) is 10.2 Å². The Morgan fingerprint density at radius 2 is 1.92 bits per heavy atom. The number of hydrogen-bond donors (Lipinski definition) is 1. The number of amides is 2. The molecule has 1 saturated heterocycles. The lowest BCUT2D eigenvalue weighted by Gasteiger charge is -2.27. The molecule has 132 valence electrons. The molecule has 0 radical (unpaired) electrons. The maximum atomic E-state index is 12.1. The lowest BCUT2D eigenvalue weighted by molar-refractivity contribution is 0.0280. The fourth-order valence-electron chi connectivity index (χ4n) is 2.55. The quantitative estimate of drug-likeness (QED) is 0.921. The predicted molar refractivity (Wildman–Crippen MR) is 90.6 cm³/mol. The Bertz CT molecular complexity index is 582. The number of benzene rings is 1. The van der Waals surface area contributed by atoms with E-state index in [1.54, 1.807) is 4.90 Å². The minimum atomic E-state index is -0.530. The number of nitrogens with zero attached hydrogens (tertiary/aromatic N) is 1. The van der Waals surface area contributed by atoms with E-state index in [1.165, 1.54) is 0 Å². The van der Waals surface area contributed by atoms with Gasteiger partial charge in [-0.05, 0) is 39.7 Å². The van der Waals surface area contributed by atoms with E-state index < -0.39 is 17.2 Å². The van der Waals surface area contributed by atoms with Gasteiger partial charge < -0.3 is 19.7 Å². The first-order valence-electron chi connectivity index (χ1n) is 8.14. The molecule has 24 heavy (non-hydrogen) atoms. The smallest absolute Gasteiger partial charge is 0.410 e. The second kappa shape index (κ2) is 7.11. The average molecular weight is 334 g/mol. The zero-order chi connectivity index (χ0) is 17.8. The van der Waals surface area contributed by atoms with Gasteiger partial charge in [0.2, 0.25) is 0 Å². The highest BCUT2D eigenvalue weighted by Gasteiger charge is 2.39. The average Bonchev–Trinajstić information content (AvgIpc) is 2.87. The molecule has 2 amide bonds. The molecule has 6 heteroatoms. The van der Waals surface area contributed by atoms with Gasteiger partial charge in [0.1, 0.15) is 12.2 Å². The molecule has 1 aromatic carbocycles. The zero-order valence-electron chi connectivity index (χ0n) is 14.8. The van der Waals surface area contributed by atoms with Crippen molar-refractivity contribution in [2.75, 3.05) is 13.1 Å². The molecular weight excluding hydrogens is 308 g/mol. The number of carbonyl (C=O) groups excluding carboxylic acids is 2. The van der Waals surface area contributed by atoms with E-state index in [1.807, 2.05) is 58.0 Å². The first-order valence-corrected chi connectivity index (χ1v) is 8.14. The fraction of sp³-hybridized carbons (Fsp3) is 0.556. The van der Waals surface area contributed by atoms with Crippen LogP contribution in [0.3, 0.4) is 0 Å². The topological polar surface area (TPSA) is 67.9 Å². The number of likely N-dealkylation sites (tertiary alicyclic amines) is 1. The first-order chi connectivity index (χ1) is 11.2. The lowest BCUT2D eigenvalue weighted by atomic mass is 10.0. The summed E-state index contributed by atoms with van der Waals surface area (Å²) in [6.07, 6.45) is -0.176. The van der Waals surface area contributed by atoms with Crippen LogP contribution in [-0.4, -0.2) is 41.3 Å². The minimum Gasteiger partial charge on any atom is -0.445 e. The fourth-order valence-corrected chi connectivity index (χ4v) is 2.55. The van der Waals surface area contributed by atoms with Crippen molar-refractivity contribution >= 4 is 12.2 Å². The summed E-state index contributed by atoms with van der Waals surface area (Å²) < 4.78 is 10.6. The second-order valence-corrected chi connectivity index (χ2v) is 7.40. The van der Waals surface area contributed by atoms with Crippen molar-refractivity contribution in [2.24, 2.45) is 0 Å². The van der Waals surface area contributed by atoms with Crippen LogP contribution in [0.1, 0.15) is 39.7 Å². The molecule has 1 fully saturated rings. The van der Waals surface area contributed by atoms with Crippen LogP contribution < -0.4 is 5.32 Å². The van der Waals surface area contributed by atoms with Gasteiger partial charge in [0, 0.05) is 13.1 Å². The summed E-state index contributed by atoms with van der Waals surface area (Å²) in [5.41, 5.74) is -0.109. The van der Waals surface area contributed by atoms with Crippen LogP contribution >= 0.6 is 0 Å². The van der Waals surface area contributed by atoms with Gasteiger partial charge in [-0.2, -0.15) is 0 Å². The van der Waals surface area contributed by atoms with Crippen LogP contribution in [0.2, 0.25) is 0 Å². The molecule has 0 bridgehead atoms. The highest BCUT2D eigenvalue weighted by Crippen LogP contribution is 2.23. The Labute approximate surface area is 143 Å². The van der Waals surface area contributed by atoms with E-state index in [4.69, 9.17) is 9.47 Å². The zero-order valence-corrected chi connectivity index (χ0v) is 14.8. The molecule has 6 nitrogen and oxygen atoms in total. The van der Waals surface area contributed by atoms with Crippen LogP contribution in [0.25, 0.3) is 0 Å². The van der Waals surface area contributed by atoms with E-state index in [0.717, 1.165) is 5.56 Å². The molecule has 0 aromatic heterocycles. The molecule has 1 aromatic rings. The maximum Gasteiger partial charge on any atom is 0.410 e. The van der Waals surface area contributed by atoms with Crippen LogP contribution in [0.5, 0.6) is 0 Å². The number of carbonyl (C=O) groups is 2. The van der Waals surface area contributed by atoms with Crippen LogP contribution in [-0.2, 0) is 16.1 Å². The van der Waals surface area contributed by atoms with E-state index in [0.29, 0.717) is 19.5 Å². The summed E-state index contributed by atoms with van der Waals surface area (Å²) in [4.78, 5) is 25.7. The van der Waals surface area contributed by atoms with Crippen molar-refractivity contribution < 1.29 is 19.1 Å². The Hall–Kier alpha value is -2.24. The third-order valence-corrected chi connectivity index (χ3v) is 3.74. The molecule has 2 rings (SSSR count). The van der Waals surface area contributed by atoms with Crippen molar-refractivity contribution in [3.8, 4) is 0 Å². The first kappa shape index (κ1) is 18.1. The summed E-state index contributed by atoms with van der Waals surface area (Å²) in [5.74, 6) is 0. The van der Waals surface area contributed by atoms with Gasteiger partial charge in [0.25, 0.3) is 0 Å². The monoisotopic (exact) mass is 334 g/mol. The summed E-state index contributed by atoms with van der Waals surface area (Å²) in [6.45, 7) is 8.57. The molecule has 1 aliphatic heterocycles. The number of ether oxygens (including phenoxy) is 2. The minimum absolute atomic E-state index is 0.221. The van der Waals surface area contributed by atoms with Gasteiger partial charge in [0.15, 0.2) is 0 Å². The van der Waals surface area contributed by atoms with Crippen molar-refractivity contribution in [3.05, 3.63) is 35.9 Å². The lowest BCUT2D eigenvalue weighted by Crippen LogP contribution is -2.49. The molecule has 0 aliphatic carbocycles. The number of rotatable bonds is 3. The normalized spacial score (nSPS) is 20.6. The Kier molecular flexibility index (Phi) is 5.36. The van der Waals surface area contributed by atoms with Gasteiger partial charge in [-0.15, -0.1) is 0 Å². The van der Waals surface area contributed by atoms with E-state index >= 15 is 0 Å². The third kappa shape index (κ3) is 5.44.